The highest BCUT2D eigenvalue weighted by molar-refractivity contribution is 5.05. The molecule has 4 nitrogen and oxygen atoms in total. The summed E-state index contributed by atoms with van der Waals surface area (Å²) in [4.78, 5) is 0. The summed E-state index contributed by atoms with van der Waals surface area (Å²) in [5.74, 6) is 2.03. The van der Waals surface area contributed by atoms with Crippen LogP contribution in [0.25, 0.3) is 0 Å². The Balaban J connectivity index is 3.02. The second kappa shape index (κ2) is 4.75. The third-order valence-corrected chi connectivity index (χ3v) is 2.56. The van der Waals surface area contributed by atoms with E-state index in [4.69, 9.17) is 0 Å². The maximum absolute atomic E-state index is 4.28. The van der Waals surface area contributed by atoms with Gasteiger partial charge < -0.3 is 9.88 Å². The highest BCUT2D eigenvalue weighted by atomic mass is 15.3. The molecule has 1 rings (SSSR count). The molecule has 0 bridgehead atoms. The average molecular weight is 210 g/mol. The van der Waals surface area contributed by atoms with Gasteiger partial charge in [-0.25, -0.2) is 0 Å². The Labute approximate surface area is 92.1 Å². The van der Waals surface area contributed by atoms with Gasteiger partial charge in [0.25, 0.3) is 0 Å². The first-order valence-corrected chi connectivity index (χ1v) is 5.68. The Kier molecular flexibility index (Phi) is 3.85. The monoisotopic (exact) mass is 210 g/mol. The predicted octanol–water partition coefficient (Wildman–Crippen LogP) is 1.84. The Bertz CT molecular complexity index is 314. The van der Waals surface area contributed by atoms with Crippen LogP contribution in [-0.2, 0) is 12.1 Å². The van der Waals surface area contributed by atoms with Crippen molar-refractivity contribution >= 4 is 0 Å². The summed E-state index contributed by atoms with van der Waals surface area (Å²) >= 11 is 0. The van der Waals surface area contributed by atoms with Gasteiger partial charge in [0.05, 0.1) is 5.54 Å². The van der Waals surface area contributed by atoms with E-state index < -0.39 is 0 Å². The van der Waals surface area contributed by atoms with E-state index in [0.717, 1.165) is 31.2 Å². The lowest BCUT2D eigenvalue weighted by Gasteiger charge is -2.25. The first-order chi connectivity index (χ1) is 7.03. The van der Waals surface area contributed by atoms with E-state index in [-0.39, 0.29) is 5.54 Å². The number of rotatable bonds is 5. The fourth-order valence-corrected chi connectivity index (χ4v) is 1.86. The molecule has 15 heavy (non-hydrogen) atoms. The molecular weight excluding hydrogens is 188 g/mol. The second-order valence-corrected chi connectivity index (χ2v) is 4.38. The number of nitrogens with one attached hydrogen (secondary N) is 1. The molecule has 0 aliphatic rings. The van der Waals surface area contributed by atoms with Crippen LogP contribution < -0.4 is 5.32 Å². The Morgan fingerprint density at radius 2 is 1.93 bits per heavy atom. The van der Waals surface area contributed by atoms with Crippen LogP contribution in [0.4, 0.5) is 0 Å². The van der Waals surface area contributed by atoms with Crippen molar-refractivity contribution in [2.45, 2.75) is 53.1 Å². The molecule has 1 aromatic heterocycles. The number of aryl methyl sites for hydroxylation is 1. The molecular formula is C11H22N4. The second-order valence-electron chi connectivity index (χ2n) is 4.38. The lowest BCUT2D eigenvalue weighted by atomic mass is 10.0. The van der Waals surface area contributed by atoms with Crippen LogP contribution >= 0.6 is 0 Å². The highest BCUT2D eigenvalue weighted by Crippen LogP contribution is 2.18. The zero-order chi connectivity index (χ0) is 11.5. The lowest BCUT2D eigenvalue weighted by Crippen LogP contribution is -2.39. The summed E-state index contributed by atoms with van der Waals surface area (Å²) in [7, 11) is 0. The van der Waals surface area contributed by atoms with Crippen LogP contribution in [-0.4, -0.2) is 21.3 Å². The minimum atomic E-state index is -0.106. The molecule has 0 aliphatic heterocycles. The van der Waals surface area contributed by atoms with Gasteiger partial charge in [-0.05, 0) is 33.7 Å². The molecule has 0 atom stereocenters. The van der Waals surface area contributed by atoms with Crippen LogP contribution in [0, 0.1) is 6.92 Å². The van der Waals surface area contributed by atoms with Crippen LogP contribution in [0.2, 0.25) is 0 Å². The molecule has 0 aromatic carbocycles. The number of aromatic nitrogens is 3. The first-order valence-electron chi connectivity index (χ1n) is 5.68. The SMILES string of the molecule is CCCn1c(C)nnc1C(C)(C)NCC. The molecule has 0 saturated heterocycles. The molecule has 0 aliphatic carbocycles. The Morgan fingerprint density at radius 3 is 2.47 bits per heavy atom. The third-order valence-electron chi connectivity index (χ3n) is 2.56. The minimum absolute atomic E-state index is 0.106. The van der Waals surface area contributed by atoms with Crippen molar-refractivity contribution in [3.63, 3.8) is 0 Å². The summed E-state index contributed by atoms with van der Waals surface area (Å²) in [6.07, 6.45) is 1.11. The number of nitrogens with zero attached hydrogens (tertiary/aromatic N) is 3. The van der Waals surface area contributed by atoms with Gasteiger partial charge >= 0.3 is 0 Å². The van der Waals surface area contributed by atoms with Gasteiger partial charge in [-0.15, -0.1) is 10.2 Å². The van der Waals surface area contributed by atoms with E-state index in [9.17, 15) is 0 Å². The van der Waals surface area contributed by atoms with Crippen molar-refractivity contribution in [3.8, 4) is 0 Å². The summed E-state index contributed by atoms with van der Waals surface area (Å²) in [6.45, 7) is 12.5. The van der Waals surface area contributed by atoms with Gasteiger partial charge in [0.1, 0.15) is 5.82 Å². The van der Waals surface area contributed by atoms with Crippen molar-refractivity contribution in [1.29, 1.82) is 0 Å². The molecule has 4 heteroatoms. The number of hydrogen-bond acceptors (Lipinski definition) is 3. The lowest BCUT2D eigenvalue weighted by molar-refractivity contribution is 0.370. The largest absolute Gasteiger partial charge is 0.314 e. The quantitative estimate of drug-likeness (QED) is 0.806. The molecule has 0 amide bonds. The maximum atomic E-state index is 4.28. The molecule has 1 aromatic rings. The smallest absolute Gasteiger partial charge is 0.152 e. The van der Waals surface area contributed by atoms with Gasteiger partial charge in [-0.3, -0.25) is 0 Å². The van der Waals surface area contributed by atoms with E-state index in [2.05, 4.69) is 47.8 Å². The Hall–Kier alpha value is -0.900. The first kappa shape index (κ1) is 12.2. The fourth-order valence-electron chi connectivity index (χ4n) is 1.86. The molecule has 86 valence electrons. The zero-order valence-corrected chi connectivity index (χ0v) is 10.5. The standard InChI is InChI=1S/C11H22N4/c1-6-8-15-9(3)13-14-10(15)11(4,5)12-7-2/h12H,6-8H2,1-5H3. The maximum Gasteiger partial charge on any atom is 0.152 e. The van der Waals surface area contributed by atoms with Crippen LogP contribution in [0.1, 0.15) is 45.8 Å². The molecule has 1 heterocycles. The predicted molar refractivity (Wildman–Crippen MR) is 61.8 cm³/mol. The van der Waals surface area contributed by atoms with Gasteiger partial charge in [-0.1, -0.05) is 13.8 Å². The minimum Gasteiger partial charge on any atom is -0.314 e. The summed E-state index contributed by atoms with van der Waals surface area (Å²) < 4.78 is 2.20. The van der Waals surface area contributed by atoms with Gasteiger partial charge in [-0.2, -0.15) is 0 Å². The van der Waals surface area contributed by atoms with Crippen molar-refractivity contribution in [3.05, 3.63) is 11.6 Å². The third kappa shape index (κ3) is 2.56. The normalized spacial score (nSPS) is 12.1. The van der Waals surface area contributed by atoms with Crippen molar-refractivity contribution in [2.24, 2.45) is 0 Å². The highest BCUT2D eigenvalue weighted by Gasteiger charge is 2.26. The topological polar surface area (TPSA) is 42.7 Å². The zero-order valence-electron chi connectivity index (χ0n) is 10.5. The summed E-state index contributed by atoms with van der Waals surface area (Å²) in [6, 6.07) is 0. The van der Waals surface area contributed by atoms with Gasteiger partial charge in [0.15, 0.2) is 5.82 Å². The summed E-state index contributed by atoms with van der Waals surface area (Å²) in [5, 5.41) is 11.9. The van der Waals surface area contributed by atoms with Crippen LogP contribution in [0.5, 0.6) is 0 Å². The Morgan fingerprint density at radius 1 is 1.27 bits per heavy atom. The number of hydrogen-bond donors (Lipinski definition) is 1. The van der Waals surface area contributed by atoms with E-state index in [1.165, 1.54) is 0 Å². The molecule has 0 fully saturated rings. The van der Waals surface area contributed by atoms with Crippen molar-refractivity contribution in [1.82, 2.24) is 20.1 Å². The van der Waals surface area contributed by atoms with Crippen molar-refractivity contribution < 1.29 is 0 Å². The van der Waals surface area contributed by atoms with Crippen LogP contribution in [0.3, 0.4) is 0 Å². The van der Waals surface area contributed by atoms with Gasteiger partial charge in [0.2, 0.25) is 0 Å². The molecule has 0 unspecified atom stereocenters. The van der Waals surface area contributed by atoms with Gasteiger partial charge in [0, 0.05) is 6.54 Å². The van der Waals surface area contributed by atoms with E-state index >= 15 is 0 Å². The molecule has 1 N–H and O–H groups in total. The summed E-state index contributed by atoms with van der Waals surface area (Å²) in [5.41, 5.74) is -0.106. The van der Waals surface area contributed by atoms with E-state index in [1.807, 2.05) is 6.92 Å². The van der Waals surface area contributed by atoms with E-state index in [0.29, 0.717) is 0 Å². The van der Waals surface area contributed by atoms with Crippen LogP contribution in [0.15, 0.2) is 0 Å². The molecule has 0 saturated carbocycles. The van der Waals surface area contributed by atoms with E-state index in [1.54, 1.807) is 0 Å². The molecule has 0 spiro atoms. The fraction of sp³-hybridized carbons (Fsp3) is 0.818. The molecule has 0 radical (unpaired) electrons. The average Bonchev–Trinajstić information content (AvgIpc) is 2.49. The van der Waals surface area contributed by atoms with Crippen molar-refractivity contribution in [2.75, 3.05) is 6.54 Å².